The summed E-state index contributed by atoms with van der Waals surface area (Å²) in [4.78, 5) is 21.4. The molecular formula is C27H26F2N6O. The number of pyridine rings is 1. The van der Waals surface area contributed by atoms with Gasteiger partial charge >= 0.3 is 6.03 Å². The molecule has 184 valence electrons. The monoisotopic (exact) mass is 488 g/mol. The summed E-state index contributed by atoms with van der Waals surface area (Å²) in [5.74, 6) is -1.11. The van der Waals surface area contributed by atoms with Crippen LogP contribution in [0.5, 0.6) is 0 Å². The molecule has 2 aromatic carbocycles. The van der Waals surface area contributed by atoms with Gasteiger partial charge in [-0.1, -0.05) is 6.07 Å². The zero-order chi connectivity index (χ0) is 24.8. The number of hydrogen-bond donors (Lipinski definition) is 2. The number of carbonyl (C=O) groups is 1. The average molecular weight is 489 g/mol. The molecule has 0 bridgehead atoms. The number of halogens is 2. The molecule has 2 aliphatic rings. The normalized spacial score (nSPS) is 18.4. The van der Waals surface area contributed by atoms with Crippen LogP contribution in [-0.2, 0) is 13.1 Å². The first-order valence-corrected chi connectivity index (χ1v) is 12.1. The third kappa shape index (κ3) is 4.19. The van der Waals surface area contributed by atoms with E-state index in [1.54, 1.807) is 6.20 Å². The Hall–Kier alpha value is -3.85. The van der Waals surface area contributed by atoms with Crippen molar-refractivity contribution in [1.29, 1.82) is 0 Å². The van der Waals surface area contributed by atoms with Crippen molar-refractivity contribution in [3.05, 3.63) is 77.1 Å². The van der Waals surface area contributed by atoms with Crippen molar-refractivity contribution < 1.29 is 13.6 Å². The molecule has 2 aliphatic heterocycles. The average Bonchev–Trinajstić information content (AvgIpc) is 3.27. The van der Waals surface area contributed by atoms with Gasteiger partial charge in [-0.3, -0.25) is 15.0 Å². The number of aryl methyl sites for hydroxylation is 1. The predicted molar refractivity (Wildman–Crippen MR) is 133 cm³/mol. The minimum absolute atomic E-state index is 0.00206. The lowest BCUT2D eigenvalue weighted by molar-refractivity contribution is 0.107. The molecule has 2 N–H and O–H groups in total. The van der Waals surface area contributed by atoms with Gasteiger partial charge in [-0.2, -0.15) is 5.10 Å². The Morgan fingerprint density at radius 2 is 2.03 bits per heavy atom. The van der Waals surface area contributed by atoms with Crippen LogP contribution < -0.4 is 5.32 Å². The van der Waals surface area contributed by atoms with Gasteiger partial charge < -0.3 is 10.2 Å². The van der Waals surface area contributed by atoms with E-state index in [1.807, 2.05) is 30.0 Å². The highest BCUT2D eigenvalue weighted by Gasteiger charge is 2.33. The molecule has 0 unspecified atom stereocenters. The predicted octanol–water partition coefficient (Wildman–Crippen LogP) is 5.22. The topological polar surface area (TPSA) is 77.2 Å². The summed E-state index contributed by atoms with van der Waals surface area (Å²) in [6.45, 7) is 4.27. The fourth-order valence-corrected chi connectivity index (χ4v) is 5.33. The van der Waals surface area contributed by atoms with E-state index in [-0.39, 0.29) is 12.1 Å². The highest BCUT2D eigenvalue weighted by atomic mass is 19.1. The van der Waals surface area contributed by atoms with E-state index in [2.05, 4.69) is 31.5 Å². The first-order chi connectivity index (χ1) is 17.4. The quantitative estimate of drug-likeness (QED) is 0.413. The molecule has 7 nitrogen and oxygen atoms in total. The molecule has 0 aliphatic carbocycles. The van der Waals surface area contributed by atoms with Crippen LogP contribution in [-0.4, -0.2) is 50.1 Å². The molecule has 1 atom stereocenters. The van der Waals surface area contributed by atoms with Crippen LogP contribution >= 0.6 is 0 Å². The van der Waals surface area contributed by atoms with Gasteiger partial charge in [0.15, 0.2) is 0 Å². The summed E-state index contributed by atoms with van der Waals surface area (Å²) in [6, 6.07) is 11.5. The van der Waals surface area contributed by atoms with E-state index >= 15 is 0 Å². The largest absolute Gasteiger partial charge is 0.322 e. The summed E-state index contributed by atoms with van der Waals surface area (Å²) in [5, 5.41) is 11.7. The van der Waals surface area contributed by atoms with Gasteiger partial charge in [-0.25, -0.2) is 13.6 Å². The van der Waals surface area contributed by atoms with Gasteiger partial charge in [-0.15, -0.1) is 0 Å². The number of amides is 2. The number of hydrogen-bond acceptors (Lipinski definition) is 4. The van der Waals surface area contributed by atoms with Crippen molar-refractivity contribution in [2.45, 2.75) is 38.9 Å². The number of fused-ring (bicyclic) bond motifs is 2. The number of nitrogens with one attached hydrogen (secondary N) is 2. The number of anilines is 1. The number of H-pyrrole nitrogens is 1. The van der Waals surface area contributed by atoms with Gasteiger partial charge in [-0.05, 0) is 62.2 Å². The Morgan fingerprint density at radius 3 is 2.86 bits per heavy atom. The molecule has 0 saturated carbocycles. The third-order valence-electron chi connectivity index (χ3n) is 7.13. The van der Waals surface area contributed by atoms with E-state index in [4.69, 9.17) is 0 Å². The summed E-state index contributed by atoms with van der Waals surface area (Å²) in [7, 11) is 0. The van der Waals surface area contributed by atoms with Gasteiger partial charge in [0.2, 0.25) is 0 Å². The summed E-state index contributed by atoms with van der Waals surface area (Å²) in [6.07, 6.45) is 3.55. The number of carbonyl (C=O) groups excluding carboxylic acids is 1. The molecular weight excluding hydrogens is 462 g/mol. The van der Waals surface area contributed by atoms with Crippen LogP contribution in [0.25, 0.3) is 22.2 Å². The van der Waals surface area contributed by atoms with Crippen molar-refractivity contribution in [1.82, 2.24) is 25.0 Å². The maximum absolute atomic E-state index is 14.2. The number of benzene rings is 2. The number of piperidine rings is 1. The first kappa shape index (κ1) is 22.6. The number of aromatic nitrogens is 3. The first-order valence-electron chi connectivity index (χ1n) is 12.1. The molecule has 6 rings (SSSR count). The number of likely N-dealkylation sites (tertiary alicyclic amines) is 1. The Kier molecular flexibility index (Phi) is 5.64. The van der Waals surface area contributed by atoms with E-state index in [9.17, 15) is 13.6 Å². The lowest BCUT2D eigenvalue weighted by Crippen LogP contribution is -2.52. The van der Waals surface area contributed by atoms with Crippen LogP contribution in [0.2, 0.25) is 0 Å². The van der Waals surface area contributed by atoms with Crippen LogP contribution in [0, 0.1) is 18.6 Å². The van der Waals surface area contributed by atoms with Crippen molar-refractivity contribution in [2.24, 2.45) is 0 Å². The Bertz CT molecular complexity index is 1470. The SMILES string of the molecule is Cc1cc(-c2n[nH]c3cc4c(cc23)CN([C@@H]2CCCN(Cc3ccc(F)cc3F)C2)C(=O)N4)ccn1. The smallest absolute Gasteiger partial charge is 0.316 e. The van der Waals surface area contributed by atoms with E-state index in [0.717, 1.165) is 64.6 Å². The van der Waals surface area contributed by atoms with Crippen molar-refractivity contribution in [3.63, 3.8) is 0 Å². The Balaban J connectivity index is 1.24. The minimum Gasteiger partial charge on any atom is -0.316 e. The molecule has 4 heterocycles. The highest BCUT2D eigenvalue weighted by molar-refractivity contribution is 6.00. The Labute approximate surface area is 207 Å². The molecule has 9 heteroatoms. The molecule has 1 saturated heterocycles. The molecule has 2 amide bonds. The highest BCUT2D eigenvalue weighted by Crippen LogP contribution is 2.34. The maximum atomic E-state index is 14.2. The summed E-state index contributed by atoms with van der Waals surface area (Å²) < 4.78 is 27.5. The van der Waals surface area contributed by atoms with E-state index in [0.29, 0.717) is 25.2 Å². The van der Waals surface area contributed by atoms with Crippen LogP contribution in [0.15, 0.2) is 48.7 Å². The molecule has 4 aromatic rings. The lowest BCUT2D eigenvalue weighted by Gasteiger charge is -2.41. The van der Waals surface area contributed by atoms with E-state index < -0.39 is 11.6 Å². The van der Waals surface area contributed by atoms with Gasteiger partial charge in [0.05, 0.1) is 5.52 Å². The van der Waals surface area contributed by atoms with Gasteiger partial charge in [0, 0.05) is 65.8 Å². The number of nitrogens with zero attached hydrogens (tertiary/aromatic N) is 4. The Morgan fingerprint density at radius 1 is 1.14 bits per heavy atom. The lowest BCUT2D eigenvalue weighted by atomic mass is 9.99. The second-order valence-corrected chi connectivity index (χ2v) is 9.64. The molecule has 1 fully saturated rings. The second-order valence-electron chi connectivity index (χ2n) is 9.64. The minimum atomic E-state index is -0.578. The fourth-order valence-electron chi connectivity index (χ4n) is 5.33. The second kappa shape index (κ2) is 8.98. The summed E-state index contributed by atoms with van der Waals surface area (Å²) in [5.41, 5.74) is 5.89. The van der Waals surface area contributed by atoms with E-state index in [1.165, 1.54) is 12.1 Å². The third-order valence-corrected chi connectivity index (χ3v) is 7.13. The molecule has 0 radical (unpaired) electrons. The number of rotatable bonds is 4. The zero-order valence-corrected chi connectivity index (χ0v) is 19.9. The van der Waals surface area contributed by atoms with Crippen LogP contribution in [0.4, 0.5) is 19.3 Å². The molecule has 36 heavy (non-hydrogen) atoms. The van der Waals surface area contributed by atoms with Crippen molar-refractivity contribution in [3.8, 4) is 11.3 Å². The van der Waals surface area contributed by atoms with Gasteiger partial charge in [0.25, 0.3) is 0 Å². The van der Waals surface area contributed by atoms with Crippen LogP contribution in [0.1, 0.15) is 29.7 Å². The summed E-state index contributed by atoms with van der Waals surface area (Å²) >= 11 is 0. The molecule has 2 aromatic heterocycles. The maximum Gasteiger partial charge on any atom is 0.322 e. The zero-order valence-electron chi connectivity index (χ0n) is 19.9. The fraction of sp³-hybridized carbons (Fsp3) is 0.296. The number of urea groups is 1. The number of aromatic amines is 1. The van der Waals surface area contributed by atoms with Crippen molar-refractivity contribution in [2.75, 3.05) is 18.4 Å². The van der Waals surface area contributed by atoms with Gasteiger partial charge in [0.1, 0.15) is 17.3 Å². The molecule has 0 spiro atoms. The van der Waals surface area contributed by atoms with Crippen molar-refractivity contribution >= 4 is 22.6 Å². The van der Waals surface area contributed by atoms with Crippen LogP contribution in [0.3, 0.4) is 0 Å². The standard InChI is InChI=1S/C27H26F2N6O/c1-16-9-17(6-7-30-16)26-22-10-19-14-35(27(36)31-24(19)12-25(22)32-33-26)21-3-2-8-34(15-21)13-18-4-5-20(28)11-23(18)29/h4-7,9-12,21H,2-3,8,13-15H2,1H3,(H,31,36)(H,32,33)/t21-/m1/s1.